The van der Waals surface area contributed by atoms with Crippen LogP contribution in [0, 0.1) is 0 Å². The summed E-state index contributed by atoms with van der Waals surface area (Å²) in [4.78, 5) is 0. The van der Waals surface area contributed by atoms with Gasteiger partial charge in [-0.15, -0.1) is 0 Å². The van der Waals surface area contributed by atoms with Gasteiger partial charge in [0.25, 0.3) is 0 Å². The maximum absolute atomic E-state index is 11.2. The van der Waals surface area contributed by atoms with Gasteiger partial charge in [-0.25, -0.2) is 8.42 Å². The molecule has 0 bridgehead atoms. The minimum absolute atomic E-state index is 0.504. The molecule has 0 radical (unpaired) electrons. The van der Waals surface area contributed by atoms with Gasteiger partial charge in [-0.05, 0) is 25.1 Å². The molecule has 110 valence electrons. The monoisotopic (exact) mass is 297 g/mol. The molecule has 0 fully saturated rings. The fraction of sp³-hybridized carbons (Fsp3) is 0.462. The van der Waals surface area contributed by atoms with E-state index in [4.69, 9.17) is 4.74 Å². The lowest BCUT2D eigenvalue weighted by Gasteiger charge is -2.19. The summed E-state index contributed by atoms with van der Waals surface area (Å²) < 4.78 is 30.8. The molecule has 2 rings (SSSR count). The van der Waals surface area contributed by atoms with Crippen molar-refractivity contribution in [3.63, 3.8) is 0 Å². The van der Waals surface area contributed by atoms with Crippen LogP contribution in [-0.2, 0) is 16.4 Å². The Labute approximate surface area is 119 Å². The lowest BCUT2D eigenvalue weighted by molar-refractivity contribution is 0.195. The fourth-order valence-electron chi connectivity index (χ4n) is 2.07. The SMILES string of the molecule is CN(C)/N=C/C1(C)Cc2cc(NS(C)(=O)=O)ccc2O1. The first-order valence-corrected chi connectivity index (χ1v) is 8.08. The smallest absolute Gasteiger partial charge is 0.229 e. The summed E-state index contributed by atoms with van der Waals surface area (Å²) in [6.07, 6.45) is 3.54. The molecule has 0 aromatic heterocycles. The summed E-state index contributed by atoms with van der Waals surface area (Å²) in [6, 6.07) is 5.26. The van der Waals surface area contributed by atoms with E-state index < -0.39 is 15.6 Å². The van der Waals surface area contributed by atoms with Crippen LogP contribution in [0.2, 0.25) is 0 Å². The van der Waals surface area contributed by atoms with Crippen LogP contribution in [0.1, 0.15) is 12.5 Å². The third-order valence-corrected chi connectivity index (χ3v) is 3.42. The van der Waals surface area contributed by atoms with E-state index in [1.165, 1.54) is 0 Å². The lowest BCUT2D eigenvalue weighted by Crippen LogP contribution is -2.32. The third kappa shape index (κ3) is 3.63. The van der Waals surface area contributed by atoms with Crippen molar-refractivity contribution in [2.45, 2.75) is 18.9 Å². The first-order chi connectivity index (χ1) is 9.17. The van der Waals surface area contributed by atoms with Crippen molar-refractivity contribution in [3.8, 4) is 5.75 Å². The highest BCUT2D eigenvalue weighted by molar-refractivity contribution is 7.92. The molecular weight excluding hydrogens is 278 g/mol. The number of hydrazone groups is 1. The zero-order valence-corrected chi connectivity index (χ0v) is 12.9. The number of benzene rings is 1. The normalized spacial score (nSPS) is 21.6. The van der Waals surface area contributed by atoms with Gasteiger partial charge in [0.1, 0.15) is 11.4 Å². The number of nitrogens with zero attached hydrogens (tertiary/aromatic N) is 2. The zero-order valence-electron chi connectivity index (χ0n) is 12.0. The summed E-state index contributed by atoms with van der Waals surface area (Å²) in [5.74, 6) is 0.761. The molecule has 0 spiro atoms. The third-order valence-electron chi connectivity index (χ3n) is 2.81. The Morgan fingerprint density at radius 3 is 2.75 bits per heavy atom. The highest BCUT2D eigenvalue weighted by Gasteiger charge is 2.33. The average molecular weight is 297 g/mol. The molecule has 1 heterocycles. The van der Waals surface area contributed by atoms with Crippen LogP contribution in [0.3, 0.4) is 0 Å². The van der Waals surface area contributed by atoms with Crippen molar-refractivity contribution < 1.29 is 13.2 Å². The molecule has 0 saturated heterocycles. The fourth-order valence-corrected chi connectivity index (χ4v) is 2.62. The van der Waals surface area contributed by atoms with E-state index in [9.17, 15) is 8.42 Å². The molecule has 1 aliphatic rings. The van der Waals surface area contributed by atoms with Crippen LogP contribution in [0.5, 0.6) is 5.75 Å². The standard InChI is InChI=1S/C13H19N3O3S/c1-13(9-14-16(2)3)8-10-7-11(15-20(4,17)18)5-6-12(10)19-13/h5-7,9,15H,8H2,1-4H3/b14-9+. The molecule has 1 aromatic carbocycles. The maximum atomic E-state index is 11.2. The molecule has 7 heteroatoms. The van der Waals surface area contributed by atoms with Crippen molar-refractivity contribution in [2.24, 2.45) is 5.10 Å². The second-order valence-electron chi connectivity index (χ2n) is 5.38. The largest absolute Gasteiger partial charge is 0.481 e. The number of anilines is 1. The Morgan fingerprint density at radius 1 is 1.45 bits per heavy atom. The van der Waals surface area contributed by atoms with E-state index in [2.05, 4.69) is 9.82 Å². The quantitative estimate of drug-likeness (QED) is 0.672. The molecule has 0 aliphatic carbocycles. The van der Waals surface area contributed by atoms with Crippen LogP contribution in [-0.4, -0.2) is 45.6 Å². The van der Waals surface area contributed by atoms with Gasteiger partial charge in [0, 0.05) is 31.8 Å². The van der Waals surface area contributed by atoms with Crippen molar-refractivity contribution in [1.29, 1.82) is 0 Å². The Bertz CT molecular complexity index is 640. The first-order valence-electron chi connectivity index (χ1n) is 6.19. The Kier molecular flexibility index (Phi) is 3.64. The molecule has 1 atom stereocenters. The van der Waals surface area contributed by atoms with E-state index in [1.807, 2.05) is 21.0 Å². The second-order valence-corrected chi connectivity index (χ2v) is 7.13. The Balaban J connectivity index is 2.21. The summed E-state index contributed by atoms with van der Waals surface area (Å²) in [6.45, 7) is 1.95. The van der Waals surface area contributed by atoms with Crippen LogP contribution < -0.4 is 9.46 Å². The molecule has 20 heavy (non-hydrogen) atoms. The highest BCUT2D eigenvalue weighted by atomic mass is 32.2. The number of nitrogens with one attached hydrogen (secondary N) is 1. The minimum Gasteiger partial charge on any atom is -0.481 e. The number of sulfonamides is 1. The molecular formula is C13H19N3O3S. The average Bonchev–Trinajstić information content (AvgIpc) is 2.61. The maximum Gasteiger partial charge on any atom is 0.229 e. The van der Waals surface area contributed by atoms with Crippen LogP contribution in [0.15, 0.2) is 23.3 Å². The number of ether oxygens (including phenoxy) is 1. The zero-order chi connectivity index (χ0) is 15.0. The Hall–Kier alpha value is -1.76. The van der Waals surface area contributed by atoms with Crippen molar-refractivity contribution >= 4 is 21.9 Å². The topological polar surface area (TPSA) is 71.0 Å². The van der Waals surface area contributed by atoms with Crippen LogP contribution in [0.25, 0.3) is 0 Å². The van der Waals surface area contributed by atoms with E-state index in [0.29, 0.717) is 12.1 Å². The summed E-state index contributed by atoms with van der Waals surface area (Å²) in [5.41, 5.74) is 1.01. The molecule has 1 unspecified atom stereocenters. The highest BCUT2D eigenvalue weighted by Crippen LogP contribution is 2.36. The molecule has 0 amide bonds. The molecule has 6 nitrogen and oxygen atoms in total. The summed E-state index contributed by atoms with van der Waals surface area (Å²) in [7, 11) is 0.418. The van der Waals surface area contributed by atoms with Gasteiger partial charge in [-0.2, -0.15) is 5.10 Å². The van der Waals surface area contributed by atoms with E-state index in [-0.39, 0.29) is 0 Å². The minimum atomic E-state index is -3.27. The number of hydrogen-bond acceptors (Lipinski definition) is 5. The lowest BCUT2D eigenvalue weighted by atomic mass is 10.0. The molecule has 1 aliphatic heterocycles. The number of hydrogen-bond donors (Lipinski definition) is 1. The van der Waals surface area contributed by atoms with Crippen LogP contribution >= 0.6 is 0 Å². The van der Waals surface area contributed by atoms with Crippen molar-refractivity contribution in [1.82, 2.24) is 5.01 Å². The molecule has 1 aromatic rings. The van der Waals surface area contributed by atoms with E-state index in [0.717, 1.165) is 17.6 Å². The predicted octanol–water partition coefficient (Wildman–Crippen LogP) is 1.30. The summed E-state index contributed by atoms with van der Waals surface area (Å²) in [5, 5.41) is 5.92. The number of fused-ring (bicyclic) bond motifs is 1. The van der Waals surface area contributed by atoms with Gasteiger partial charge < -0.3 is 9.75 Å². The van der Waals surface area contributed by atoms with E-state index >= 15 is 0 Å². The van der Waals surface area contributed by atoms with Gasteiger partial charge >= 0.3 is 0 Å². The van der Waals surface area contributed by atoms with Crippen molar-refractivity contribution in [2.75, 3.05) is 25.1 Å². The van der Waals surface area contributed by atoms with Gasteiger partial charge in [0.2, 0.25) is 10.0 Å². The summed E-state index contributed by atoms with van der Waals surface area (Å²) >= 11 is 0. The predicted molar refractivity (Wildman–Crippen MR) is 79.8 cm³/mol. The number of rotatable bonds is 4. The van der Waals surface area contributed by atoms with Gasteiger partial charge in [-0.3, -0.25) is 4.72 Å². The second kappa shape index (κ2) is 4.97. The Morgan fingerprint density at radius 2 is 2.15 bits per heavy atom. The van der Waals surface area contributed by atoms with Gasteiger partial charge in [0.05, 0.1) is 12.5 Å². The van der Waals surface area contributed by atoms with E-state index in [1.54, 1.807) is 29.4 Å². The first kappa shape index (κ1) is 14.6. The van der Waals surface area contributed by atoms with Gasteiger partial charge in [0.15, 0.2) is 0 Å². The van der Waals surface area contributed by atoms with Crippen molar-refractivity contribution in [3.05, 3.63) is 23.8 Å². The van der Waals surface area contributed by atoms with Crippen LogP contribution in [0.4, 0.5) is 5.69 Å². The molecule has 1 N–H and O–H groups in total. The molecule has 0 saturated carbocycles. The van der Waals surface area contributed by atoms with Gasteiger partial charge in [-0.1, -0.05) is 0 Å².